The van der Waals surface area contributed by atoms with Gasteiger partial charge in [0.05, 0.1) is 6.61 Å². The number of amides is 2. The van der Waals surface area contributed by atoms with Crippen LogP contribution in [0.5, 0.6) is 0 Å². The predicted octanol–water partition coefficient (Wildman–Crippen LogP) is 2.63. The molecule has 2 aliphatic heterocycles. The van der Waals surface area contributed by atoms with Crippen molar-refractivity contribution < 1.29 is 14.3 Å². The standard InChI is InChI=1S/C20H26N2O3/c1-2-19(23)21-9-7-15-11-16(3-6-18(15)21)20(24)22(17-4-5-17)12-14-8-10-25-13-14/h3,6,11,14,17H,2,4-5,7-10,12-13H2,1H3. The Bertz CT molecular complexity index is 678. The highest BCUT2D eigenvalue weighted by molar-refractivity contribution is 5.98. The number of fused-ring (bicyclic) bond motifs is 1. The van der Waals surface area contributed by atoms with Crippen molar-refractivity contribution in [2.24, 2.45) is 5.92 Å². The largest absolute Gasteiger partial charge is 0.381 e. The molecule has 1 aliphatic carbocycles. The van der Waals surface area contributed by atoms with Crippen LogP contribution in [-0.4, -0.2) is 49.1 Å². The highest BCUT2D eigenvalue weighted by Gasteiger charge is 2.35. The van der Waals surface area contributed by atoms with Gasteiger partial charge >= 0.3 is 0 Å². The van der Waals surface area contributed by atoms with E-state index in [0.29, 0.717) is 18.4 Å². The Morgan fingerprint density at radius 1 is 1.28 bits per heavy atom. The molecule has 25 heavy (non-hydrogen) atoms. The van der Waals surface area contributed by atoms with E-state index in [9.17, 15) is 9.59 Å². The first kappa shape index (κ1) is 16.6. The van der Waals surface area contributed by atoms with Crippen molar-refractivity contribution in [3.63, 3.8) is 0 Å². The number of ether oxygens (including phenoxy) is 1. The molecule has 5 nitrogen and oxygen atoms in total. The molecule has 1 aromatic carbocycles. The van der Waals surface area contributed by atoms with E-state index >= 15 is 0 Å². The molecule has 0 spiro atoms. The first-order chi connectivity index (χ1) is 12.2. The Labute approximate surface area is 148 Å². The van der Waals surface area contributed by atoms with Crippen LogP contribution in [0, 0.1) is 5.92 Å². The van der Waals surface area contributed by atoms with Gasteiger partial charge in [-0.2, -0.15) is 0 Å². The molecule has 1 aromatic rings. The maximum absolute atomic E-state index is 13.1. The summed E-state index contributed by atoms with van der Waals surface area (Å²) < 4.78 is 5.47. The number of hydrogen-bond acceptors (Lipinski definition) is 3. The molecule has 0 aromatic heterocycles. The molecule has 0 bridgehead atoms. The molecule has 2 amide bonds. The van der Waals surface area contributed by atoms with E-state index < -0.39 is 0 Å². The number of rotatable bonds is 5. The number of anilines is 1. The van der Waals surface area contributed by atoms with Crippen LogP contribution in [0.1, 0.15) is 48.5 Å². The Balaban J connectivity index is 1.52. The third-order valence-corrected chi connectivity index (χ3v) is 5.55. The maximum Gasteiger partial charge on any atom is 0.254 e. The smallest absolute Gasteiger partial charge is 0.254 e. The first-order valence-electron chi connectivity index (χ1n) is 9.49. The first-order valence-corrected chi connectivity index (χ1v) is 9.49. The third-order valence-electron chi connectivity index (χ3n) is 5.55. The van der Waals surface area contributed by atoms with Crippen molar-refractivity contribution >= 4 is 17.5 Å². The molecule has 0 radical (unpaired) electrons. The minimum atomic E-state index is 0.137. The average molecular weight is 342 g/mol. The summed E-state index contributed by atoms with van der Waals surface area (Å²) in [7, 11) is 0. The summed E-state index contributed by atoms with van der Waals surface area (Å²) in [6, 6.07) is 6.25. The lowest BCUT2D eigenvalue weighted by Gasteiger charge is -2.25. The Kier molecular flexibility index (Phi) is 4.50. The van der Waals surface area contributed by atoms with Gasteiger partial charge < -0.3 is 14.5 Å². The zero-order valence-corrected chi connectivity index (χ0v) is 14.9. The van der Waals surface area contributed by atoms with Crippen molar-refractivity contribution in [1.29, 1.82) is 0 Å². The highest BCUT2D eigenvalue weighted by atomic mass is 16.5. The average Bonchev–Trinajstić information content (AvgIpc) is 3.18. The van der Waals surface area contributed by atoms with E-state index in [0.717, 1.165) is 68.8 Å². The van der Waals surface area contributed by atoms with E-state index in [2.05, 4.69) is 4.90 Å². The summed E-state index contributed by atoms with van der Waals surface area (Å²) in [5, 5.41) is 0. The minimum Gasteiger partial charge on any atom is -0.381 e. The van der Waals surface area contributed by atoms with Gasteiger partial charge in [0, 0.05) is 49.3 Å². The predicted molar refractivity (Wildman–Crippen MR) is 95.8 cm³/mol. The summed E-state index contributed by atoms with van der Waals surface area (Å²) in [5.74, 6) is 0.757. The molecule has 2 heterocycles. The second-order valence-electron chi connectivity index (χ2n) is 7.41. The molecular formula is C20H26N2O3. The Morgan fingerprint density at radius 3 is 2.80 bits per heavy atom. The Morgan fingerprint density at radius 2 is 2.12 bits per heavy atom. The van der Waals surface area contributed by atoms with Crippen LogP contribution < -0.4 is 4.90 Å². The second kappa shape index (κ2) is 6.79. The minimum absolute atomic E-state index is 0.137. The van der Waals surface area contributed by atoms with Crippen LogP contribution in [-0.2, 0) is 16.0 Å². The van der Waals surface area contributed by atoms with Gasteiger partial charge in [-0.25, -0.2) is 0 Å². The quantitative estimate of drug-likeness (QED) is 0.826. The molecule has 3 aliphatic rings. The Hall–Kier alpha value is -1.88. The molecule has 1 saturated heterocycles. The SMILES string of the molecule is CCC(=O)N1CCc2cc(C(=O)N(CC3CCOC3)C3CC3)ccc21. The lowest BCUT2D eigenvalue weighted by molar-refractivity contribution is -0.118. The van der Waals surface area contributed by atoms with E-state index in [1.165, 1.54) is 0 Å². The van der Waals surface area contributed by atoms with Gasteiger partial charge in [-0.3, -0.25) is 9.59 Å². The molecule has 1 saturated carbocycles. The summed E-state index contributed by atoms with van der Waals surface area (Å²) in [6.45, 7) is 5.01. The second-order valence-corrected chi connectivity index (χ2v) is 7.41. The summed E-state index contributed by atoms with van der Waals surface area (Å²) in [4.78, 5) is 29.0. The fourth-order valence-electron chi connectivity index (χ4n) is 3.94. The zero-order valence-electron chi connectivity index (χ0n) is 14.9. The normalized spacial score (nSPS) is 22.1. The fourth-order valence-corrected chi connectivity index (χ4v) is 3.94. The number of carbonyl (C=O) groups is 2. The molecule has 1 unspecified atom stereocenters. The van der Waals surface area contributed by atoms with E-state index in [1.54, 1.807) is 0 Å². The molecule has 4 rings (SSSR count). The number of benzene rings is 1. The fraction of sp³-hybridized carbons (Fsp3) is 0.600. The summed E-state index contributed by atoms with van der Waals surface area (Å²) >= 11 is 0. The van der Waals surface area contributed by atoms with Crippen molar-refractivity contribution in [2.75, 3.05) is 31.2 Å². The monoisotopic (exact) mass is 342 g/mol. The van der Waals surface area contributed by atoms with Gasteiger partial charge in [-0.05, 0) is 49.4 Å². The van der Waals surface area contributed by atoms with Gasteiger partial charge in [0.25, 0.3) is 5.91 Å². The van der Waals surface area contributed by atoms with Gasteiger partial charge in [0.2, 0.25) is 5.91 Å². The zero-order chi connectivity index (χ0) is 17.4. The number of hydrogen-bond donors (Lipinski definition) is 0. The van der Waals surface area contributed by atoms with Crippen LogP contribution in [0.25, 0.3) is 0 Å². The lowest BCUT2D eigenvalue weighted by atomic mass is 10.0. The van der Waals surface area contributed by atoms with Crippen LogP contribution in [0.4, 0.5) is 5.69 Å². The molecule has 1 atom stereocenters. The van der Waals surface area contributed by atoms with Gasteiger partial charge in [-0.1, -0.05) is 6.92 Å². The molecular weight excluding hydrogens is 316 g/mol. The molecule has 5 heteroatoms. The van der Waals surface area contributed by atoms with Crippen LogP contribution in [0.15, 0.2) is 18.2 Å². The number of carbonyl (C=O) groups excluding carboxylic acids is 2. The molecule has 2 fully saturated rings. The van der Waals surface area contributed by atoms with Crippen molar-refractivity contribution in [1.82, 2.24) is 4.90 Å². The molecule has 0 N–H and O–H groups in total. The van der Waals surface area contributed by atoms with E-state index in [1.807, 2.05) is 30.0 Å². The molecule has 134 valence electrons. The van der Waals surface area contributed by atoms with Crippen LogP contribution >= 0.6 is 0 Å². The highest BCUT2D eigenvalue weighted by Crippen LogP contribution is 2.33. The van der Waals surface area contributed by atoms with E-state index in [-0.39, 0.29) is 11.8 Å². The van der Waals surface area contributed by atoms with E-state index in [4.69, 9.17) is 4.74 Å². The maximum atomic E-state index is 13.1. The van der Waals surface area contributed by atoms with Gasteiger partial charge in [-0.15, -0.1) is 0 Å². The number of nitrogens with zero attached hydrogens (tertiary/aromatic N) is 2. The van der Waals surface area contributed by atoms with Gasteiger partial charge in [0.1, 0.15) is 0 Å². The van der Waals surface area contributed by atoms with Gasteiger partial charge in [0.15, 0.2) is 0 Å². The van der Waals surface area contributed by atoms with Crippen LogP contribution in [0.2, 0.25) is 0 Å². The summed E-state index contributed by atoms with van der Waals surface area (Å²) in [5.41, 5.74) is 2.86. The topological polar surface area (TPSA) is 49.9 Å². The summed E-state index contributed by atoms with van der Waals surface area (Å²) in [6.07, 6.45) is 4.63. The lowest BCUT2D eigenvalue weighted by Crippen LogP contribution is -2.37. The third kappa shape index (κ3) is 3.30. The van der Waals surface area contributed by atoms with Crippen molar-refractivity contribution in [2.45, 2.75) is 45.1 Å². The van der Waals surface area contributed by atoms with Crippen molar-refractivity contribution in [3.8, 4) is 0 Å². The van der Waals surface area contributed by atoms with Crippen LogP contribution in [0.3, 0.4) is 0 Å². The van der Waals surface area contributed by atoms with Crippen molar-refractivity contribution in [3.05, 3.63) is 29.3 Å².